The molecule has 0 bridgehead atoms. The van der Waals surface area contributed by atoms with Crippen LogP contribution < -0.4 is 4.90 Å². The summed E-state index contributed by atoms with van der Waals surface area (Å²) in [6.45, 7) is 0.447. The second-order valence-corrected chi connectivity index (χ2v) is 11.2. The number of nitrogens with zero attached hydrogens (tertiary/aromatic N) is 3. The van der Waals surface area contributed by atoms with Gasteiger partial charge in [0.05, 0.1) is 22.9 Å². The normalized spacial score (nSPS) is 16.9. The maximum atomic E-state index is 14.0. The molecule has 1 aliphatic heterocycles. The van der Waals surface area contributed by atoms with Crippen LogP contribution >= 0.6 is 0 Å². The van der Waals surface area contributed by atoms with Crippen molar-refractivity contribution in [2.75, 3.05) is 58.1 Å². The largest absolute Gasteiger partial charge is 0.383 e. The number of methoxy groups -OCH3 is 1. The van der Waals surface area contributed by atoms with E-state index >= 15 is 0 Å². The molecule has 2 heterocycles. The molecule has 1 N–H and O–H groups in total. The number of benzene rings is 2. The highest BCUT2D eigenvalue weighted by atomic mass is 32.2. The third-order valence-corrected chi connectivity index (χ3v) is 7.99. The van der Waals surface area contributed by atoms with Gasteiger partial charge in [0.2, 0.25) is 5.91 Å². The van der Waals surface area contributed by atoms with E-state index in [9.17, 15) is 17.8 Å². The Balaban J connectivity index is 1.72. The van der Waals surface area contributed by atoms with Gasteiger partial charge in [-0.25, -0.2) is 17.4 Å². The average Bonchev–Trinajstić information content (AvgIpc) is 3.43. The van der Waals surface area contributed by atoms with E-state index in [1.54, 1.807) is 37.3 Å². The predicted octanol–water partition coefficient (Wildman–Crippen LogP) is 4.24. The fourth-order valence-corrected chi connectivity index (χ4v) is 5.29. The molecule has 1 aromatic heterocycles. The van der Waals surface area contributed by atoms with E-state index in [4.69, 9.17) is 4.74 Å². The first-order valence-electron chi connectivity index (χ1n) is 11.4. The van der Waals surface area contributed by atoms with Gasteiger partial charge in [-0.05, 0) is 30.3 Å². The Bertz CT molecular complexity index is 1310. The van der Waals surface area contributed by atoms with Gasteiger partial charge in [-0.3, -0.25) is 4.79 Å². The van der Waals surface area contributed by atoms with Crippen LogP contribution in [0.5, 0.6) is 0 Å². The summed E-state index contributed by atoms with van der Waals surface area (Å²) in [7, 11) is 0.279. The smallest absolute Gasteiger partial charge is 0.266 e. The molecule has 0 spiro atoms. The minimum Gasteiger partial charge on any atom is -0.383 e. The summed E-state index contributed by atoms with van der Waals surface area (Å²) < 4.78 is 50.8. The van der Waals surface area contributed by atoms with E-state index in [1.165, 1.54) is 11.2 Å². The van der Waals surface area contributed by atoms with Crippen LogP contribution in [0, 0.1) is 0 Å². The highest BCUT2D eigenvalue weighted by molar-refractivity contribution is 7.93. The first kappa shape index (κ1) is 25.1. The molecule has 1 saturated heterocycles. The molecule has 1 aliphatic rings. The molecule has 1 fully saturated rings. The van der Waals surface area contributed by atoms with Crippen LogP contribution in [0.15, 0.2) is 57.8 Å². The third kappa shape index (κ3) is 5.65. The minimum atomic E-state index is -2.92. The van der Waals surface area contributed by atoms with E-state index in [0.29, 0.717) is 29.3 Å². The molecule has 4 rings (SSSR count). The number of hydrogen-bond acceptors (Lipinski definition) is 5. The van der Waals surface area contributed by atoms with E-state index < -0.39 is 15.7 Å². The summed E-state index contributed by atoms with van der Waals surface area (Å²) in [4.78, 5) is 19.3. The monoisotopic (exact) mass is 504 g/mol. The van der Waals surface area contributed by atoms with E-state index in [-0.39, 0.29) is 32.0 Å². The van der Waals surface area contributed by atoms with E-state index in [2.05, 4.69) is 9.35 Å². The fraction of sp³-hybridized carbons (Fsp3) is 0.400. The Labute approximate surface area is 204 Å². The first-order chi connectivity index (χ1) is 16.6. The standard InChI is InChI=1S/C25H30F2N4O3S/c1-30(12-13-34-2)24(32)16-28-35(3,33)19-8-9-23(31-11-10-25(26,27)17-31)20(15-19)22-14-18-6-4-5-7-21(18)29-22/h4-9,14-15,29H,10-13,16-17H2,1-3H3/t35-/m0/s1. The topological polar surface area (TPSA) is 78.0 Å². The second kappa shape index (κ2) is 9.94. The van der Waals surface area contributed by atoms with E-state index in [1.807, 2.05) is 30.3 Å². The van der Waals surface area contributed by atoms with Gasteiger partial charge in [-0.1, -0.05) is 18.2 Å². The van der Waals surface area contributed by atoms with Crippen LogP contribution in [0.2, 0.25) is 0 Å². The van der Waals surface area contributed by atoms with Gasteiger partial charge in [0.1, 0.15) is 6.54 Å². The third-order valence-electron chi connectivity index (χ3n) is 6.24. The SMILES string of the molecule is COCCN(C)C(=O)CN=[S@@](C)(=O)c1ccc(N2CCC(F)(F)C2)c(-c2cc3ccccc3[nH]2)c1. The van der Waals surface area contributed by atoms with Crippen LogP contribution in [0.4, 0.5) is 14.5 Å². The number of carbonyl (C=O) groups is 1. The summed E-state index contributed by atoms with van der Waals surface area (Å²) in [6.07, 6.45) is 1.28. The van der Waals surface area contributed by atoms with Crippen LogP contribution in [0.25, 0.3) is 22.2 Å². The Morgan fingerprint density at radius 2 is 2.03 bits per heavy atom. The zero-order chi connectivity index (χ0) is 25.2. The number of rotatable bonds is 8. The Hall–Kier alpha value is -2.98. The van der Waals surface area contributed by atoms with Crippen LogP contribution in [0.3, 0.4) is 0 Å². The van der Waals surface area contributed by atoms with Crippen molar-refractivity contribution < 1.29 is 22.5 Å². The van der Waals surface area contributed by atoms with Crippen LogP contribution in [-0.4, -0.2) is 79.1 Å². The van der Waals surface area contributed by atoms with Gasteiger partial charge in [0.25, 0.3) is 5.92 Å². The molecule has 1 atom stereocenters. The summed E-state index contributed by atoms with van der Waals surface area (Å²) >= 11 is 0. The van der Waals surface area contributed by atoms with Crippen molar-refractivity contribution in [3.05, 3.63) is 48.5 Å². The minimum absolute atomic E-state index is 0.209. The zero-order valence-electron chi connectivity index (χ0n) is 20.1. The number of fused-ring (bicyclic) bond motifs is 1. The maximum absolute atomic E-state index is 14.0. The summed E-state index contributed by atoms with van der Waals surface area (Å²) in [6, 6.07) is 14.8. The molecule has 7 nitrogen and oxygen atoms in total. The molecule has 0 unspecified atom stereocenters. The number of nitrogens with one attached hydrogen (secondary N) is 1. The number of amides is 1. The average molecular weight is 505 g/mol. The van der Waals surface area contributed by atoms with Crippen molar-refractivity contribution in [1.29, 1.82) is 0 Å². The molecule has 10 heteroatoms. The fourth-order valence-electron chi connectivity index (χ4n) is 4.13. The first-order valence-corrected chi connectivity index (χ1v) is 13.3. The van der Waals surface area contributed by atoms with Crippen molar-refractivity contribution in [1.82, 2.24) is 9.88 Å². The lowest BCUT2D eigenvalue weighted by Crippen LogP contribution is -2.31. The number of halogens is 2. The van der Waals surface area contributed by atoms with E-state index in [0.717, 1.165) is 16.6 Å². The summed E-state index contributed by atoms with van der Waals surface area (Å²) in [5, 5.41) is 0.984. The van der Waals surface area contributed by atoms with Crippen molar-refractivity contribution in [2.45, 2.75) is 17.2 Å². The lowest BCUT2D eigenvalue weighted by atomic mass is 10.1. The molecule has 0 radical (unpaired) electrons. The van der Waals surface area contributed by atoms with Gasteiger partial charge in [0.15, 0.2) is 0 Å². The predicted molar refractivity (Wildman–Crippen MR) is 135 cm³/mol. The molecular formula is C25H30F2N4O3S. The lowest BCUT2D eigenvalue weighted by molar-refractivity contribution is -0.128. The number of ether oxygens (including phenoxy) is 1. The van der Waals surface area contributed by atoms with Crippen molar-refractivity contribution in [2.24, 2.45) is 4.36 Å². The number of carbonyl (C=O) groups excluding carboxylic acids is 1. The highest BCUT2D eigenvalue weighted by Gasteiger charge is 2.39. The maximum Gasteiger partial charge on any atom is 0.266 e. The number of likely N-dealkylation sites (N-methyl/N-ethyl adjacent to an activating group) is 1. The Morgan fingerprint density at radius 1 is 1.26 bits per heavy atom. The van der Waals surface area contributed by atoms with Gasteiger partial charge < -0.3 is 19.5 Å². The number of hydrogen-bond donors (Lipinski definition) is 1. The van der Waals surface area contributed by atoms with Gasteiger partial charge in [0, 0.05) is 72.7 Å². The number of alkyl halides is 2. The quantitative estimate of drug-likeness (QED) is 0.498. The summed E-state index contributed by atoms with van der Waals surface area (Å²) in [5.41, 5.74) is 2.97. The number of anilines is 1. The lowest BCUT2D eigenvalue weighted by Gasteiger charge is -2.22. The molecule has 1 amide bonds. The molecule has 188 valence electrons. The summed E-state index contributed by atoms with van der Waals surface area (Å²) in [5.74, 6) is -3.01. The Kier molecular flexibility index (Phi) is 7.14. The molecular weight excluding hydrogens is 474 g/mol. The van der Waals surface area contributed by atoms with Crippen molar-refractivity contribution in [3.8, 4) is 11.3 Å². The number of para-hydroxylation sites is 1. The van der Waals surface area contributed by atoms with Crippen LogP contribution in [-0.2, 0) is 19.3 Å². The highest BCUT2D eigenvalue weighted by Crippen LogP contribution is 2.39. The molecule has 35 heavy (non-hydrogen) atoms. The van der Waals surface area contributed by atoms with Gasteiger partial charge >= 0.3 is 0 Å². The molecule has 2 aromatic carbocycles. The molecule has 0 aliphatic carbocycles. The number of H-pyrrole nitrogens is 1. The zero-order valence-corrected chi connectivity index (χ0v) is 20.9. The van der Waals surface area contributed by atoms with Gasteiger partial charge in [-0.15, -0.1) is 0 Å². The van der Waals surface area contributed by atoms with Crippen molar-refractivity contribution in [3.63, 3.8) is 0 Å². The van der Waals surface area contributed by atoms with Gasteiger partial charge in [-0.2, -0.15) is 0 Å². The molecule has 0 saturated carbocycles. The Morgan fingerprint density at radius 3 is 2.71 bits per heavy atom. The number of aromatic amines is 1. The van der Waals surface area contributed by atoms with Crippen LogP contribution in [0.1, 0.15) is 6.42 Å². The second-order valence-electron chi connectivity index (χ2n) is 8.87. The number of aromatic nitrogens is 1. The van der Waals surface area contributed by atoms with Crippen molar-refractivity contribution >= 4 is 32.2 Å². The molecule has 3 aromatic rings.